The summed E-state index contributed by atoms with van der Waals surface area (Å²) >= 11 is 5.95. The van der Waals surface area contributed by atoms with Gasteiger partial charge < -0.3 is 15.0 Å². The molecule has 1 fully saturated rings. The Hall–Kier alpha value is -2.11. The van der Waals surface area contributed by atoms with Gasteiger partial charge in [0.1, 0.15) is 0 Å². The number of rotatable bonds is 4. The van der Waals surface area contributed by atoms with Crippen molar-refractivity contribution in [1.82, 2.24) is 9.88 Å². The van der Waals surface area contributed by atoms with Crippen molar-refractivity contribution in [2.45, 2.75) is 6.42 Å². The first-order valence-electron chi connectivity index (χ1n) is 7.86. The number of aryl methyl sites for hydroxylation is 1. The Morgan fingerprint density at radius 1 is 1.33 bits per heavy atom. The summed E-state index contributed by atoms with van der Waals surface area (Å²) in [7, 11) is 1.96. The van der Waals surface area contributed by atoms with Crippen LogP contribution >= 0.6 is 11.6 Å². The van der Waals surface area contributed by atoms with Crippen LogP contribution in [0.2, 0.25) is 0 Å². The fraction of sp³-hybridized carbons (Fsp3) is 0.333. The van der Waals surface area contributed by atoms with Crippen molar-refractivity contribution in [3.05, 3.63) is 41.6 Å². The zero-order valence-electron chi connectivity index (χ0n) is 13.3. The molecule has 0 aliphatic carbocycles. The maximum absolute atomic E-state index is 12.9. The molecule has 1 aromatic heterocycles. The Kier molecular flexibility index (Phi) is 4.73. The summed E-state index contributed by atoms with van der Waals surface area (Å²) < 4.78 is 2.00. The van der Waals surface area contributed by atoms with Gasteiger partial charge >= 0.3 is 5.97 Å². The van der Waals surface area contributed by atoms with Crippen LogP contribution in [0.25, 0.3) is 16.5 Å². The average molecular weight is 347 g/mol. The normalized spacial score (nSPS) is 21.8. The molecule has 1 aliphatic rings. The first kappa shape index (κ1) is 16.7. The highest BCUT2D eigenvalue weighted by Crippen LogP contribution is 2.30. The van der Waals surface area contributed by atoms with Crippen LogP contribution in [0.15, 0.2) is 36.0 Å². The molecule has 0 radical (unpaired) electrons. The zero-order chi connectivity index (χ0) is 17.3. The second kappa shape index (κ2) is 6.79. The Morgan fingerprint density at radius 2 is 2.12 bits per heavy atom. The van der Waals surface area contributed by atoms with E-state index in [0.29, 0.717) is 25.1 Å². The third kappa shape index (κ3) is 2.97. The number of nitrogens with zero attached hydrogens (tertiary/aromatic N) is 1. The molecule has 0 saturated carbocycles. The monoisotopic (exact) mass is 346 g/mol. The molecule has 2 atom stereocenters. The van der Waals surface area contributed by atoms with E-state index >= 15 is 0 Å². The van der Waals surface area contributed by atoms with E-state index in [9.17, 15) is 14.7 Å². The first-order valence-corrected chi connectivity index (χ1v) is 8.30. The molecule has 5 nitrogen and oxygen atoms in total. The SMILES string of the molecule is Cn1ccc2cc(/C(=C\Cl)C(=O)C3CCNCC3C(=O)O)ccc21. The van der Waals surface area contributed by atoms with E-state index in [2.05, 4.69) is 5.32 Å². The van der Waals surface area contributed by atoms with Crippen molar-refractivity contribution >= 4 is 39.8 Å². The number of aliphatic carboxylic acids is 1. The summed E-state index contributed by atoms with van der Waals surface area (Å²) in [6.07, 6.45) is 2.45. The number of aromatic nitrogens is 1. The molecule has 6 heteroatoms. The third-order valence-corrected chi connectivity index (χ3v) is 4.93. The number of carboxylic acids is 1. The molecule has 3 rings (SSSR count). The van der Waals surface area contributed by atoms with Crippen LogP contribution in [0.1, 0.15) is 12.0 Å². The quantitative estimate of drug-likeness (QED) is 0.835. The fourth-order valence-corrected chi connectivity index (χ4v) is 3.57. The summed E-state index contributed by atoms with van der Waals surface area (Å²) in [5.74, 6) is -2.43. The second-order valence-corrected chi connectivity index (χ2v) is 6.35. The van der Waals surface area contributed by atoms with E-state index in [4.69, 9.17) is 11.6 Å². The van der Waals surface area contributed by atoms with Crippen molar-refractivity contribution in [3.8, 4) is 0 Å². The largest absolute Gasteiger partial charge is 0.481 e. The Morgan fingerprint density at radius 3 is 2.83 bits per heavy atom. The van der Waals surface area contributed by atoms with Gasteiger partial charge in [-0.1, -0.05) is 17.7 Å². The number of hydrogen-bond acceptors (Lipinski definition) is 3. The Balaban J connectivity index is 1.94. The number of nitrogens with one attached hydrogen (secondary N) is 1. The van der Waals surface area contributed by atoms with Crippen LogP contribution in [-0.4, -0.2) is 34.5 Å². The summed E-state index contributed by atoms with van der Waals surface area (Å²) in [4.78, 5) is 24.4. The maximum Gasteiger partial charge on any atom is 0.308 e. The number of carbonyl (C=O) groups is 2. The minimum Gasteiger partial charge on any atom is -0.481 e. The van der Waals surface area contributed by atoms with E-state index < -0.39 is 17.8 Å². The Bertz CT molecular complexity index is 825. The lowest BCUT2D eigenvalue weighted by atomic mass is 9.80. The van der Waals surface area contributed by atoms with E-state index in [0.717, 1.165) is 16.5 Å². The number of ketones is 1. The average Bonchev–Trinajstić information content (AvgIpc) is 2.96. The van der Waals surface area contributed by atoms with E-state index in [1.807, 2.05) is 42.1 Å². The van der Waals surface area contributed by atoms with Gasteiger partial charge in [0.25, 0.3) is 0 Å². The molecule has 2 heterocycles. The third-order valence-electron chi connectivity index (χ3n) is 4.71. The van der Waals surface area contributed by atoms with Gasteiger partial charge in [0.15, 0.2) is 5.78 Å². The van der Waals surface area contributed by atoms with Crippen molar-refractivity contribution in [2.24, 2.45) is 18.9 Å². The van der Waals surface area contributed by atoms with Crippen molar-refractivity contribution in [3.63, 3.8) is 0 Å². The first-order chi connectivity index (χ1) is 11.5. The number of allylic oxidation sites excluding steroid dienone is 1. The zero-order valence-corrected chi connectivity index (χ0v) is 14.1. The standard InChI is InChI=1S/C18H19ClN2O3/c1-21-7-5-12-8-11(2-3-16(12)21)14(9-19)17(22)13-4-6-20-10-15(13)18(23)24/h2-3,5,7-9,13,15,20H,4,6,10H2,1H3,(H,23,24)/b14-9+. The minimum absolute atomic E-state index is 0.200. The molecule has 0 amide bonds. The number of benzene rings is 1. The number of carboxylic acid groups (broad SMARTS) is 1. The van der Waals surface area contributed by atoms with Gasteiger partial charge in [-0.15, -0.1) is 0 Å². The van der Waals surface area contributed by atoms with Gasteiger partial charge in [0.2, 0.25) is 0 Å². The van der Waals surface area contributed by atoms with Crippen LogP contribution in [0.5, 0.6) is 0 Å². The smallest absolute Gasteiger partial charge is 0.308 e. The number of hydrogen-bond donors (Lipinski definition) is 2. The number of piperidine rings is 1. The number of fused-ring (bicyclic) bond motifs is 1. The van der Waals surface area contributed by atoms with E-state index in [1.54, 1.807) is 0 Å². The molecule has 1 aliphatic heterocycles. The molecule has 1 saturated heterocycles. The van der Waals surface area contributed by atoms with Gasteiger partial charge in [-0.25, -0.2) is 0 Å². The van der Waals surface area contributed by atoms with Crippen LogP contribution in [0, 0.1) is 11.8 Å². The lowest BCUT2D eigenvalue weighted by Crippen LogP contribution is -2.44. The Labute approximate surface area is 144 Å². The molecular formula is C18H19ClN2O3. The van der Waals surface area contributed by atoms with Gasteiger partial charge in [0, 0.05) is 47.7 Å². The molecule has 2 N–H and O–H groups in total. The predicted molar refractivity (Wildman–Crippen MR) is 93.9 cm³/mol. The van der Waals surface area contributed by atoms with Crippen LogP contribution in [0.4, 0.5) is 0 Å². The lowest BCUT2D eigenvalue weighted by Gasteiger charge is -2.28. The lowest BCUT2D eigenvalue weighted by molar-refractivity contribution is -0.146. The van der Waals surface area contributed by atoms with E-state index in [-0.39, 0.29) is 5.78 Å². The van der Waals surface area contributed by atoms with Gasteiger partial charge in [-0.05, 0) is 36.7 Å². The minimum atomic E-state index is -0.951. The van der Waals surface area contributed by atoms with Crippen LogP contribution in [0.3, 0.4) is 0 Å². The summed E-state index contributed by atoms with van der Waals surface area (Å²) in [5.41, 5.74) is 3.43. The van der Waals surface area contributed by atoms with Gasteiger partial charge in [-0.2, -0.15) is 0 Å². The summed E-state index contributed by atoms with van der Waals surface area (Å²) in [6, 6.07) is 7.68. The number of halogens is 1. The molecular weight excluding hydrogens is 328 g/mol. The second-order valence-electron chi connectivity index (χ2n) is 6.13. The summed E-state index contributed by atoms with van der Waals surface area (Å²) in [6.45, 7) is 0.937. The maximum atomic E-state index is 12.9. The molecule has 24 heavy (non-hydrogen) atoms. The van der Waals surface area contributed by atoms with Gasteiger partial charge in [-0.3, -0.25) is 9.59 Å². The highest BCUT2D eigenvalue weighted by atomic mass is 35.5. The fourth-order valence-electron chi connectivity index (χ4n) is 3.34. The van der Waals surface area contributed by atoms with Gasteiger partial charge in [0.05, 0.1) is 5.92 Å². The molecule has 2 unspecified atom stereocenters. The molecule has 126 valence electrons. The molecule has 0 bridgehead atoms. The molecule has 0 spiro atoms. The van der Waals surface area contributed by atoms with Crippen molar-refractivity contribution < 1.29 is 14.7 Å². The molecule has 1 aromatic carbocycles. The van der Waals surface area contributed by atoms with Crippen molar-refractivity contribution in [2.75, 3.05) is 13.1 Å². The van der Waals surface area contributed by atoms with Crippen LogP contribution < -0.4 is 5.32 Å². The topological polar surface area (TPSA) is 71.3 Å². The highest BCUT2D eigenvalue weighted by molar-refractivity contribution is 6.36. The number of Topliss-reactive ketones (excluding diaryl/α,β-unsaturated/α-hetero) is 1. The summed E-state index contributed by atoms with van der Waals surface area (Å²) in [5, 5.41) is 13.4. The molecule has 2 aromatic rings. The van der Waals surface area contributed by atoms with E-state index in [1.165, 1.54) is 5.54 Å². The highest BCUT2D eigenvalue weighted by Gasteiger charge is 2.37. The van der Waals surface area contributed by atoms with Crippen LogP contribution in [-0.2, 0) is 16.6 Å². The van der Waals surface area contributed by atoms with Crippen molar-refractivity contribution in [1.29, 1.82) is 0 Å². The number of carbonyl (C=O) groups excluding carboxylic acids is 1. The predicted octanol–water partition coefficient (Wildman–Crippen LogP) is 2.64.